The predicted octanol–water partition coefficient (Wildman–Crippen LogP) is 3.37. The minimum absolute atomic E-state index is 0.0235. The zero-order chi connectivity index (χ0) is 15.1. The maximum Gasteiger partial charge on any atom is 0.295 e. The van der Waals surface area contributed by atoms with Crippen molar-refractivity contribution >= 4 is 22.3 Å². The second kappa shape index (κ2) is 7.54. The number of rotatable bonds is 8. The molecule has 0 radical (unpaired) electrons. The molecule has 2 rings (SSSR count). The molecule has 0 atom stereocenters. The molecule has 0 aliphatic heterocycles. The summed E-state index contributed by atoms with van der Waals surface area (Å²) in [6.45, 7) is 4.16. The third-order valence-electron chi connectivity index (χ3n) is 3.15. The Kier molecular flexibility index (Phi) is 5.45. The first-order valence-corrected chi connectivity index (χ1v) is 7.07. The van der Waals surface area contributed by atoms with Crippen molar-refractivity contribution in [2.45, 2.75) is 19.8 Å². The number of pyridine rings is 1. The van der Waals surface area contributed by atoms with Crippen LogP contribution in [0.2, 0.25) is 0 Å². The molecule has 6 nitrogen and oxygen atoms in total. The van der Waals surface area contributed by atoms with Gasteiger partial charge in [0.25, 0.3) is 5.69 Å². The SMILES string of the molecule is CCCCOCCNc1ccnc2c([N+](=O)[O-])cccc12. The lowest BCUT2D eigenvalue weighted by molar-refractivity contribution is -0.383. The Labute approximate surface area is 123 Å². The lowest BCUT2D eigenvalue weighted by Gasteiger charge is -2.09. The Hall–Kier alpha value is -2.21. The molecule has 0 aliphatic rings. The van der Waals surface area contributed by atoms with Crippen molar-refractivity contribution in [1.82, 2.24) is 4.98 Å². The van der Waals surface area contributed by atoms with Crippen LogP contribution >= 0.6 is 0 Å². The molecule has 0 bridgehead atoms. The van der Waals surface area contributed by atoms with E-state index in [2.05, 4.69) is 17.2 Å². The second-order valence-corrected chi connectivity index (χ2v) is 4.68. The predicted molar refractivity (Wildman–Crippen MR) is 82.6 cm³/mol. The molecule has 0 fully saturated rings. The quantitative estimate of drug-likeness (QED) is 0.458. The van der Waals surface area contributed by atoms with Crippen molar-refractivity contribution in [3.05, 3.63) is 40.6 Å². The fraction of sp³-hybridized carbons (Fsp3) is 0.400. The Bertz CT molecular complexity index is 616. The van der Waals surface area contributed by atoms with Gasteiger partial charge in [0.1, 0.15) is 5.52 Å². The molecule has 1 aromatic heterocycles. The third kappa shape index (κ3) is 3.88. The van der Waals surface area contributed by atoms with Gasteiger partial charge in [-0.1, -0.05) is 25.5 Å². The molecule has 2 aromatic rings. The number of fused-ring (bicyclic) bond motifs is 1. The van der Waals surface area contributed by atoms with E-state index >= 15 is 0 Å². The number of hydrogen-bond acceptors (Lipinski definition) is 5. The summed E-state index contributed by atoms with van der Waals surface area (Å²) in [6.07, 6.45) is 3.76. The summed E-state index contributed by atoms with van der Waals surface area (Å²) in [6, 6.07) is 6.78. The highest BCUT2D eigenvalue weighted by Gasteiger charge is 2.13. The molecular formula is C15H19N3O3. The van der Waals surface area contributed by atoms with Crippen LogP contribution in [0.15, 0.2) is 30.5 Å². The van der Waals surface area contributed by atoms with E-state index in [1.54, 1.807) is 12.3 Å². The summed E-state index contributed by atoms with van der Waals surface area (Å²) < 4.78 is 5.48. The number of nitro groups is 1. The van der Waals surface area contributed by atoms with Gasteiger partial charge in [-0.3, -0.25) is 10.1 Å². The van der Waals surface area contributed by atoms with Gasteiger partial charge in [0.15, 0.2) is 0 Å². The standard InChI is InChI=1S/C15H19N3O3/c1-2-3-10-21-11-9-16-13-7-8-17-15-12(13)5-4-6-14(15)18(19)20/h4-8H,2-3,9-11H2,1H3,(H,16,17). The minimum atomic E-state index is -0.410. The van der Waals surface area contributed by atoms with Crippen LogP contribution in [0.5, 0.6) is 0 Å². The van der Waals surface area contributed by atoms with Crippen molar-refractivity contribution < 1.29 is 9.66 Å². The van der Waals surface area contributed by atoms with Gasteiger partial charge in [-0.2, -0.15) is 0 Å². The number of nitro benzene ring substituents is 1. The van der Waals surface area contributed by atoms with Gasteiger partial charge < -0.3 is 10.1 Å². The van der Waals surface area contributed by atoms with Gasteiger partial charge in [-0.15, -0.1) is 0 Å². The lowest BCUT2D eigenvalue weighted by atomic mass is 10.1. The normalized spacial score (nSPS) is 10.7. The highest BCUT2D eigenvalue weighted by Crippen LogP contribution is 2.28. The Morgan fingerprint density at radius 3 is 2.95 bits per heavy atom. The number of non-ortho nitro benzene ring substituents is 1. The lowest BCUT2D eigenvalue weighted by Crippen LogP contribution is -2.10. The van der Waals surface area contributed by atoms with Crippen molar-refractivity contribution in [2.75, 3.05) is 25.1 Å². The van der Waals surface area contributed by atoms with E-state index in [1.165, 1.54) is 6.07 Å². The zero-order valence-electron chi connectivity index (χ0n) is 12.0. The van der Waals surface area contributed by atoms with Gasteiger partial charge in [-0.25, -0.2) is 4.98 Å². The van der Waals surface area contributed by atoms with Crippen LogP contribution in [0.4, 0.5) is 11.4 Å². The van der Waals surface area contributed by atoms with Crippen LogP contribution in [0.25, 0.3) is 10.9 Å². The molecule has 112 valence electrons. The summed E-state index contributed by atoms with van der Waals surface area (Å²) >= 11 is 0. The van der Waals surface area contributed by atoms with Crippen LogP contribution in [0.3, 0.4) is 0 Å². The maximum atomic E-state index is 11.0. The van der Waals surface area contributed by atoms with Crippen molar-refractivity contribution in [2.24, 2.45) is 0 Å². The van der Waals surface area contributed by atoms with Gasteiger partial charge in [0.05, 0.1) is 11.5 Å². The van der Waals surface area contributed by atoms with Crippen molar-refractivity contribution in [3.8, 4) is 0 Å². The van der Waals surface area contributed by atoms with E-state index in [4.69, 9.17) is 4.74 Å². The van der Waals surface area contributed by atoms with Gasteiger partial charge >= 0.3 is 0 Å². The average molecular weight is 289 g/mol. The molecule has 0 amide bonds. The van der Waals surface area contributed by atoms with Gasteiger partial charge in [0.2, 0.25) is 0 Å². The van der Waals surface area contributed by atoms with E-state index in [0.29, 0.717) is 18.7 Å². The molecule has 0 saturated carbocycles. The summed E-state index contributed by atoms with van der Waals surface area (Å²) in [4.78, 5) is 14.7. The molecule has 0 saturated heterocycles. The largest absolute Gasteiger partial charge is 0.382 e. The third-order valence-corrected chi connectivity index (χ3v) is 3.15. The number of unbranched alkanes of at least 4 members (excludes halogenated alkanes) is 1. The molecule has 1 heterocycles. The molecule has 0 spiro atoms. The first-order valence-electron chi connectivity index (χ1n) is 7.07. The monoisotopic (exact) mass is 289 g/mol. The first kappa shape index (κ1) is 15.2. The smallest absolute Gasteiger partial charge is 0.295 e. The number of nitrogens with zero attached hydrogens (tertiary/aromatic N) is 2. The summed E-state index contributed by atoms with van der Waals surface area (Å²) in [7, 11) is 0. The van der Waals surface area contributed by atoms with Crippen LogP contribution in [0, 0.1) is 10.1 Å². The second-order valence-electron chi connectivity index (χ2n) is 4.68. The number of para-hydroxylation sites is 1. The fourth-order valence-corrected chi connectivity index (χ4v) is 2.07. The van der Waals surface area contributed by atoms with E-state index in [0.717, 1.165) is 30.5 Å². The highest BCUT2D eigenvalue weighted by molar-refractivity contribution is 5.96. The number of hydrogen-bond donors (Lipinski definition) is 1. The maximum absolute atomic E-state index is 11.0. The molecule has 6 heteroatoms. The van der Waals surface area contributed by atoms with E-state index in [9.17, 15) is 10.1 Å². The number of anilines is 1. The van der Waals surface area contributed by atoms with Crippen LogP contribution in [-0.4, -0.2) is 29.7 Å². The summed E-state index contributed by atoms with van der Waals surface area (Å²) in [5.74, 6) is 0. The number of aromatic nitrogens is 1. The van der Waals surface area contributed by atoms with E-state index in [-0.39, 0.29) is 5.69 Å². The number of benzene rings is 1. The minimum Gasteiger partial charge on any atom is -0.382 e. The molecule has 1 N–H and O–H groups in total. The Morgan fingerprint density at radius 2 is 2.19 bits per heavy atom. The van der Waals surface area contributed by atoms with E-state index < -0.39 is 4.92 Å². The van der Waals surface area contributed by atoms with Gasteiger partial charge in [0, 0.05) is 36.5 Å². The summed E-state index contributed by atoms with van der Waals surface area (Å²) in [5, 5.41) is 15.0. The Balaban J connectivity index is 2.07. The molecule has 1 aromatic carbocycles. The molecule has 0 unspecified atom stereocenters. The van der Waals surface area contributed by atoms with E-state index in [1.807, 2.05) is 12.1 Å². The van der Waals surface area contributed by atoms with Crippen molar-refractivity contribution in [1.29, 1.82) is 0 Å². The number of nitrogens with one attached hydrogen (secondary N) is 1. The molecule has 21 heavy (non-hydrogen) atoms. The van der Waals surface area contributed by atoms with Crippen LogP contribution in [0.1, 0.15) is 19.8 Å². The van der Waals surface area contributed by atoms with Crippen molar-refractivity contribution in [3.63, 3.8) is 0 Å². The number of ether oxygens (including phenoxy) is 1. The van der Waals surface area contributed by atoms with Gasteiger partial charge in [-0.05, 0) is 12.5 Å². The van der Waals surface area contributed by atoms with Crippen LogP contribution < -0.4 is 5.32 Å². The molecular weight excluding hydrogens is 270 g/mol. The average Bonchev–Trinajstić information content (AvgIpc) is 2.50. The van der Waals surface area contributed by atoms with Crippen LogP contribution in [-0.2, 0) is 4.74 Å². The zero-order valence-corrected chi connectivity index (χ0v) is 12.0. The topological polar surface area (TPSA) is 77.3 Å². The Morgan fingerprint density at radius 1 is 1.33 bits per heavy atom. The molecule has 0 aliphatic carbocycles. The highest BCUT2D eigenvalue weighted by atomic mass is 16.6. The first-order chi connectivity index (χ1) is 10.2. The summed E-state index contributed by atoms with van der Waals surface area (Å²) in [5.41, 5.74) is 1.26. The fourth-order valence-electron chi connectivity index (χ4n) is 2.07.